The minimum atomic E-state index is -0.239. The molecular weight excluding hydrogens is 278 g/mol. The minimum Gasteiger partial charge on any atom is -0.332 e. The molecule has 1 saturated carbocycles. The molecular formula is C16H21N5O. The Hall–Kier alpha value is -2.11. The fraction of sp³-hybridized carbons (Fsp3) is 0.562. The van der Waals surface area contributed by atoms with Gasteiger partial charge in [0.05, 0.1) is 18.1 Å². The van der Waals surface area contributed by atoms with Gasteiger partial charge in [0.2, 0.25) is 0 Å². The Balaban J connectivity index is 1.84. The summed E-state index contributed by atoms with van der Waals surface area (Å²) in [6.07, 6.45) is 17.0. The van der Waals surface area contributed by atoms with Crippen molar-refractivity contribution in [3.8, 4) is 0 Å². The van der Waals surface area contributed by atoms with E-state index in [-0.39, 0.29) is 12.1 Å². The van der Waals surface area contributed by atoms with Gasteiger partial charge in [-0.3, -0.25) is 9.97 Å². The van der Waals surface area contributed by atoms with Crippen molar-refractivity contribution in [2.24, 2.45) is 11.1 Å². The third-order valence-corrected chi connectivity index (χ3v) is 4.59. The lowest BCUT2D eigenvalue weighted by molar-refractivity contribution is 0.241. The lowest BCUT2D eigenvalue weighted by Gasteiger charge is -2.31. The van der Waals surface area contributed by atoms with E-state index in [0.29, 0.717) is 12.3 Å². The summed E-state index contributed by atoms with van der Waals surface area (Å²) in [5, 5.41) is 3.52. The second-order valence-electron chi connectivity index (χ2n) is 5.97. The Labute approximate surface area is 130 Å². The quantitative estimate of drug-likeness (QED) is 0.768. The van der Waals surface area contributed by atoms with Crippen LogP contribution >= 0.6 is 0 Å². The normalized spacial score (nSPS) is 18.7. The lowest BCUT2D eigenvalue weighted by atomic mass is 9.80. The maximum absolute atomic E-state index is 11.6. The molecule has 6 heteroatoms. The molecule has 0 saturated heterocycles. The van der Waals surface area contributed by atoms with Gasteiger partial charge >= 0.3 is 0 Å². The van der Waals surface area contributed by atoms with Crippen molar-refractivity contribution < 1.29 is 0 Å². The van der Waals surface area contributed by atoms with E-state index in [1.165, 1.54) is 19.3 Å². The van der Waals surface area contributed by atoms with Crippen LogP contribution in [0.4, 0.5) is 0 Å². The van der Waals surface area contributed by atoms with Crippen LogP contribution < -0.4 is 0 Å². The zero-order chi connectivity index (χ0) is 15.2. The molecule has 116 valence electrons. The first kappa shape index (κ1) is 14.8. The summed E-state index contributed by atoms with van der Waals surface area (Å²) in [5.74, 6) is 0.357. The molecule has 1 aliphatic carbocycles. The number of hydrogen-bond acceptors (Lipinski definition) is 5. The van der Waals surface area contributed by atoms with E-state index >= 15 is 0 Å². The molecule has 0 aromatic carbocycles. The van der Waals surface area contributed by atoms with Crippen LogP contribution in [0, 0.1) is 10.8 Å². The molecule has 0 spiro atoms. The maximum atomic E-state index is 11.6. The highest BCUT2D eigenvalue weighted by molar-refractivity contribution is 5.02. The molecule has 2 unspecified atom stereocenters. The highest BCUT2D eigenvalue weighted by atomic mass is 16.3. The second kappa shape index (κ2) is 7.24. The smallest absolute Gasteiger partial charge is 0.116 e. The minimum absolute atomic E-state index is 0.0419. The molecule has 22 heavy (non-hydrogen) atoms. The zero-order valence-electron chi connectivity index (χ0n) is 12.6. The molecule has 2 atom stereocenters. The summed E-state index contributed by atoms with van der Waals surface area (Å²) in [5.41, 5.74) is 0.880. The maximum Gasteiger partial charge on any atom is 0.116 e. The number of nitroso groups, excluding NO2 is 1. The fourth-order valence-corrected chi connectivity index (χ4v) is 3.46. The molecule has 1 aliphatic rings. The molecule has 0 N–H and O–H groups in total. The van der Waals surface area contributed by atoms with Gasteiger partial charge in [-0.2, -0.15) is 4.91 Å². The summed E-state index contributed by atoms with van der Waals surface area (Å²) in [7, 11) is 0. The monoisotopic (exact) mass is 299 g/mol. The van der Waals surface area contributed by atoms with Crippen molar-refractivity contribution in [3.05, 3.63) is 47.9 Å². The average Bonchev–Trinajstić information content (AvgIpc) is 3.11. The Bertz CT molecular complexity index is 565. The largest absolute Gasteiger partial charge is 0.332 e. The van der Waals surface area contributed by atoms with E-state index in [4.69, 9.17) is 0 Å². The molecule has 0 radical (unpaired) electrons. The molecule has 2 aromatic heterocycles. The highest BCUT2D eigenvalue weighted by Gasteiger charge is 2.33. The van der Waals surface area contributed by atoms with Crippen molar-refractivity contribution in [1.29, 1.82) is 0 Å². The van der Waals surface area contributed by atoms with E-state index in [1.54, 1.807) is 31.1 Å². The molecule has 0 bridgehead atoms. The summed E-state index contributed by atoms with van der Waals surface area (Å²) in [6.45, 7) is 0. The second-order valence-corrected chi connectivity index (χ2v) is 5.97. The van der Waals surface area contributed by atoms with Gasteiger partial charge in [-0.15, -0.1) is 0 Å². The Kier molecular flexibility index (Phi) is 4.88. The molecule has 0 amide bonds. The average molecular weight is 299 g/mol. The molecule has 2 aromatic rings. The van der Waals surface area contributed by atoms with E-state index in [1.807, 2.05) is 10.8 Å². The van der Waals surface area contributed by atoms with E-state index < -0.39 is 0 Å². The Morgan fingerprint density at radius 1 is 1.18 bits per heavy atom. The molecule has 1 fully saturated rings. The van der Waals surface area contributed by atoms with Crippen LogP contribution in [0.25, 0.3) is 0 Å². The standard InChI is InChI=1S/C16H21N5O/c22-20-16(13-4-2-1-3-5-13)15(21-9-8-18-12-21)10-14-11-17-6-7-19-14/h6-9,11-13,15-16H,1-5,10H2. The van der Waals surface area contributed by atoms with Crippen LogP contribution in [-0.2, 0) is 6.42 Å². The number of nitrogens with zero attached hydrogens (tertiary/aromatic N) is 5. The Morgan fingerprint density at radius 2 is 2.05 bits per heavy atom. The molecule has 0 aliphatic heterocycles. The van der Waals surface area contributed by atoms with Gasteiger partial charge in [0.1, 0.15) is 6.04 Å². The van der Waals surface area contributed by atoms with Gasteiger partial charge < -0.3 is 4.57 Å². The van der Waals surface area contributed by atoms with Gasteiger partial charge in [-0.1, -0.05) is 24.4 Å². The van der Waals surface area contributed by atoms with Crippen LogP contribution in [-0.4, -0.2) is 25.6 Å². The SMILES string of the molecule is O=NC(C1CCCCC1)C(Cc1cnccn1)n1ccnc1. The van der Waals surface area contributed by atoms with Gasteiger partial charge in [-0.05, 0) is 18.8 Å². The summed E-state index contributed by atoms with van der Waals surface area (Å²) < 4.78 is 2.00. The van der Waals surface area contributed by atoms with Crippen molar-refractivity contribution in [2.75, 3.05) is 0 Å². The number of aromatic nitrogens is 4. The molecule has 3 rings (SSSR count). The van der Waals surface area contributed by atoms with Gasteiger partial charge in [0, 0.05) is 37.4 Å². The van der Waals surface area contributed by atoms with Crippen molar-refractivity contribution >= 4 is 0 Å². The van der Waals surface area contributed by atoms with Crippen molar-refractivity contribution in [3.63, 3.8) is 0 Å². The fourth-order valence-electron chi connectivity index (χ4n) is 3.46. The van der Waals surface area contributed by atoms with Crippen LogP contribution in [0.15, 0.2) is 42.5 Å². The van der Waals surface area contributed by atoms with Crippen LogP contribution in [0.1, 0.15) is 43.8 Å². The third kappa shape index (κ3) is 3.37. The topological polar surface area (TPSA) is 73.0 Å². The first-order chi connectivity index (χ1) is 10.9. The zero-order valence-corrected chi connectivity index (χ0v) is 12.6. The first-order valence-electron chi connectivity index (χ1n) is 7.93. The van der Waals surface area contributed by atoms with E-state index in [9.17, 15) is 4.91 Å². The van der Waals surface area contributed by atoms with Gasteiger partial charge in [0.25, 0.3) is 0 Å². The van der Waals surface area contributed by atoms with Gasteiger partial charge in [-0.25, -0.2) is 4.98 Å². The van der Waals surface area contributed by atoms with Crippen LogP contribution in [0.3, 0.4) is 0 Å². The molecule has 6 nitrogen and oxygen atoms in total. The predicted molar refractivity (Wildman–Crippen MR) is 83.2 cm³/mol. The highest BCUT2D eigenvalue weighted by Crippen LogP contribution is 2.34. The van der Waals surface area contributed by atoms with Gasteiger partial charge in [0.15, 0.2) is 0 Å². The summed E-state index contributed by atoms with van der Waals surface area (Å²) >= 11 is 0. The van der Waals surface area contributed by atoms with Crippen molar-refractivity contribution in [1.82, 2.24) is 19.5 Å². The third-order valence-electron chi connectivity index (χ3n) is 4.59. The summed E-state index contributed by atoms with van der Waals surface area (Å²) in [4.78, 5) is 24.2. The van der Waals surface area contributed by atoms with Crippen LogP contribution in [0.5, 0.6) is 0 Å². The van der Waals surface area contributed by atoms with E-state index in [0.717, 1.165) is 18.5 Å². The lowest BCUT2D eigenvalue weighted by Crippen LogP contribution is -2.32. The number of rotatable bonds is 6. The molecule has 2 heterocycles. The predicted octanol–water partition coefficient (Wildman–Crippen LogP) is 3.17. The van der Waals surface area contributed by atoms with E-state index in [2.05, 4.69) is 20.1 Å². The van der Waals surface area contributed by atoms with Crippen LogP contribution in [0.2, 0.25) is 0 Å². The first-order valence-corrected chi connectivity index (χ1v) is 7.93. The summed E-state index contributed by atoms with van der Waals surface area (Å²) in [6, 6.07) is -0.281. The number of imidazole rings is 1. The Morgan fingerprint density at radius 3 is 2.68 bits per heavy atom. The number of hydrogen-bond donors (Lipinski definition) is 0. The van der Waals surface area contributed by atoms with Crippen molar-refractivity contribution in [2.45, 2.75) is 50.6 Å².